The van der Waals surface area contributed by atoms with Gasteiger partial charge in [0.1, 0.15) is 17.6 Å². The number of amides is 1. The van der Waals surface area contributed by atoms with Gasteiger partial charge in [-0.3, -0.25) is 4.79 Å². The van der Waals surface area contributed by atoms with Gasteiger partial charge in [-0.1, -0.05) is 18.9 Å². The number of ether oxygens (including phenoxy) is 1. The monoisotopic (exact) mass is 379 g/mol. The van der Waals surface area contributed by atoms with Crippen LogP contribution in [0.2, 0.25) is 0 Å². The van der Waals surface area contributed by atoms with Crippen LogP contribution in [0.5, 0.6) is 5.75 Å². The Morgan fingerprint density at radius 1 is 1.26 bits per heavy atom. The van der Waals surface area contributed by atoms with Crippen molar-refractivity contribution in [2.24, 2.45) is 0 Å². The van der Waals surface area contributed by atoms with Gasteiger partial charge in [0.2, 0.25) is 0 Å². The van der Waals surface area contributed by atoms with Crippen LogP contribution in [0, 0.1) is 0 Å². The Balaban J connectivity index is 1.77. The number of rotatable bonds is 6. The van der Waals surface area contributed by atoms with E-state index >= 15 is 0 Å². The minimum absolute atomic E-state index is 0.0437. The summed E-state index contributed by atoms with van der Waals surface area (Å²) in [5, 5.41) is 10.4. The molecule has 1 aliphatic heterocycles. The minimum atomic E-state index is -2.94. The van der Waals surface area contributed by atoms with Crippen LogP contribution in [-0.4, -0.2) is 35.1 Å². The number of alkyl halides is 2. The highest BCUT2D eigenvalue weighted by molar-refractivity contribution is 5.94. The molecule has 2 atom stereocenters. The molecule has 2 aromatic rings. The molecule has 27 heavy (non-hydrogen) atoms. The third kappa shape index (κ3) is 5.07. The molecule has 0 radical (unpaired) electrons. The third-order valence-corrected chi connectivity index (χ3v) is 4.81. The summed E-state index contributed by atoms with van der Waals surface area (Å²) >= 11 is 0. The molecule has 2 heterocycles. The van der Waals surface area contributed by atoms with E-state index in [0.717, 1.165) is 25.7 Å². The maximum Gasteiger partial charge on any atom is 0.387 e. The summed E-state index contributed by atoms with van der Waals surface area (Å²) in [6.07, 6.45) is 4.69. The van der Waals surface area contributed by atoms with Crippen LogP contribution in [0.1, 0.15) is 54.3 Å². The number of benzene rings is 1. The predicted molar refractivity (Wildman–Crippen MR) is 94.7 cm³/mol. The molecule has 0 bridgehead atoms. The zero-order valence-electron chi connectivity index (χ0n) is 14.9. The predicted octanol–water partition coefficient (Wildman–Crippen LogP) is 4.39. The molecule has 1 aromatic carbocycles. The molecule has 5 nitrogen and oxygen atoms in total. The number of aliphatic hydroxyl groups excluding tert-OH is 1. The fraction of sp³-hybridized carbons (Fsp3) is 0.450. The standard InChI is InChI=1S/C20H23F2NO4/c21-20(22)27-16-8-4-6-14(12-16)19(25)23-10-3-1-2-7-15(23)13-17(24)18-9-5-11-26-18/h4-6,8-9,11-12,15,17,20,24H,1-3,7,10,13H2/t15-,17+/m1/s1. The van der Waals surface area contributed by atoms with Gasteiger partial charge in [0.05, 0.1) is 6.26 Å². The average Bonchev–Trinajstić information content (AvgIpc) is 3.09. The first kappa shape index (κ1) is 19.4. The maximum absolute atomic E-state index is 13.0. The van der Waals surface area contributed by atoms with Gasteiger partial charge < -0.3 is 19.2 Å². The Morgan fingerprint density at radius 2 is 2.11 bits per heavy atom. The highest BCUT2D eigenvalue weighted by atomic mass is 19.3. The fourth-order valence-electron chi connectivity index (χ4n) is 3.52. The normalized spacial score (nSPS) is 19.0. The number of hydrogen-bond acceptors (Lipinski definition) is 4. The van der Waals surface area contributed by atoms with E-state index in [9.17, 15) is 18.7 Å². The Kier molecular flexibility index (Phi) is 6.45. The Morgan fingerprint density at radius 3 is 2.85 bits per heavy atom. The minimum Gasteiger partial charge on any atom is -0.467 e. The lowest BCUT2D eigenvalue weighted by molar-refractivity contribution is -0.0499. The van der Waals surface area contributed by atoms with Gasteiger partial charge in [-0.25, -0.2) is 0 Å². The van der Waals surface area contributed by atoms with Gasteiger partial charge in [-0.15, -0.1) is 0 Å². The summed E-state index contributed by atoms with van der Waals surface area (Å²) in [6, 6.07) is 9.10. The maximum atomic E-state index is 13.0. The van der Waals surface area contributed by atoms with Crippen molar-refractivity contribution in [2.75, 3.05) is 6.54 Å². The molecule has 7 heteroatoms. The number of aliphatic hydroxyl groups is 1. The first-order chi connectivity index (χ1) is 13.0. The molecular weight excluding hydrogens is 356 g/mol. The SMILES string of the molecule is O=C(c1cccc(OC(F)F)c1)N1CCCCC[C@@H]1C[C@H](O)c1ccco1. The molecule has 0 aliphatic carbocycles. The fourth-order valence-corrected chi connectivity index (χ4v) is 3.52. The molecular formula is C20H23F2NO4. The highest BCUT2D eigenvalue weighted by Gasteiger charge is 2.29. The average molecular weight is 379 g/mol. The second-order valence-electron chi connectivity index (χ2n) is 6.67. The second-order valence-corrected chi connectivity index (χ2v) is 6.67. The summed E-state index contributed by atoms with van der Waals surface area (Å²) in [7, 11) is 0. The third-order valence-electron chi connectivity index (χ3n) is 4.81. The summed E-state index contributed by atoms with van der Waals surface area (Å²) in [5.74, 6) is 0.185. The number of carbonyl (C=O) groups excluding carboxylic acids is 1. The van der Waals surface area contributed by atoms with E-state index in [1.807, 2.05) is 0 Å². The van der Waals surface area contributed by atoms with Crippen LogP contribution in [0.15, 0.2) is 47.1 Å². The van der Waals surface area contributed by atoms with Crippen molar-refractivity contribution in [3.8, 4) is 5.75 Å². The van der Waals surface area contributed by atoms with Crippen molar-refractivity contribution < 1.29 is 27.8 Å². The quantitative estimate of drug-likeness (QED) is 0.809. The van der Waals surface area contributed by atoms with Crippen molar-refractivity contribution in [3.63, 3.8) is 0 Å². The van der Waals surface area contributed by atoms with Crippen LogP contribution < -0.4 is 4.74 Å². The van der Waals surface area contributed by atoms with Gasteiger partial charge in [0, 0.05) is 24.6 Å². The molecule has 1 amide bonds. The van der Waals surface area contributed by atoms with Crippen LogP contribution in [0.4, 0.5) is 8.78 Å². The molecule has 1 saturated heterocycles. The molecule has 1 aromatic heterocycles. The van der Waals surface area contributed by atoms with Crippen molar-refractivity contribution in [1.29, 1.82) is 0 Å². The van der Waals surface area contributed by atoms with Gasteiger partial charge in [-0.2, -0.15) is 8.78 Å². The summed E-state index contributed by atoms with van der Waals surface area (Å²) in [4.78, 5) is 14.8. The molecule has 3 rings (SSSR count). The largest absolute Gasteiger partial charge is 0.467 e. The highest BCUT2D eigenvalue weighted by Crippen LogP contribution is 2.28. The number of likely N-dealkylation sites (tertiary alicyclic amines) is 1. The van der Waals surface area contributed by atoms with Gasteiger partial charge >= 0.3 is 6.61 Å². The van der Waals surface area contributed by atoms with Gasteiger partial charge in [0.15, 0.2) is 0 Å². The molecule has 0 spiro atoms. The smallest absolute Gasteiger partial charge is 0.387 e. The van der Waals surface area contributed by atoms with Gasteiger partial charge in [-0.05, 0) is 43.2 Å². The Bertz CT molecular complexity index is 735. The van der Waals surface area contributed by atoms with Crippen molar-refractivity contribution in [1.82, 2.24) is 4.90 Å². The van der Waals surface area contributed by atoms with E-state index < -0.39 is 12.7 Å². The number of halogens is 2. The van der Waals surface area contributed by atoms with Crippen LogP contribution in [0.3, 0.4) is 0 Å². The zero-order valence-corrected chi connectivity index (χ0v) is 14.9. The van der Waals surface area contributed by atoms with Crippen LogP contribution in [0.25, 0.3) is 0 Å². The van der Waals surface area contributed by atoms with E-state index in [2.05, 4.69) is 4.74 Å². The lowest BCUT2D eigenvalue weighted by Crippen LogP contribution is -2.40. The van der Waals surface area contributed by atoms with E-state index in [4.69, 9.17) is 4.42 Å². The number of furan rings is 1. The lowest BCUT2D eigenvalue weighted by atomic mass is 10.0. The lowest BCUT2D eigenvalue weighted by Gasteiger charge is -2.31. The zero-order chi connectivity index (χ0) is 19.2. The van der Waals surface area contributed by atoms with E-state index in [0.29, 0.717) is 24.3 Å². The van der Waals surface area contributed by atoms with E-state index in [-0.39, 0.29) is 17.7 Å². The summed E-state index contributed by atoms with van der Waals surface area (Å²) in [5.41, 5.74) is 0.299. The molecule has 1 N–H and O–H groups in total. The topological polar surface area (TPSA) is 62.9 Å². The number of carbonyl (C=O) groups is 1. The summed E-state index contributed by atoms with van der Waals surface area (Å²) < 4.78 is 34.6. The molecule has 146 valence electrons. The van der Waals surface area contributed by atoms with Crippen LogP contribution in [-0.2, 0) is 0 Å². The Labute approximate surface area is 156 Å². The van der Waals surface area contributed by atoms with Crippen molar-refractivity contribution in [3.05, 3.63) is 54.0 Å². The molecule has 0 saturated carbocycles. The van der Waals surface area contributed by atoms with Gasteiger partial charge in [0.25, 0.3) is 5.91 Å². The number of hydrogen-bond donors (Lipinski definition) is 1. The van der Waals surface area contributed by atoms with Crippen molar-refractivity contribution in [2.45, 2.75) is 50.9 Å². The molecule has 1 fully saturated rings. The molecule has 1 aliphatic rings. The Hall–Kier alpha value is -2.41. The van der Waals surface area contributed by atoms with Crippen LogP contribution >= 0.6 is 0 Å². The van der Waals surface area contributed by atoms with Crippen molar-refractivity contribution >= 4 is 5.91 Å². The first-order valence-electron chi connectivity index (χ1n) is 9.12. The first-order valence-corrected chi connectivity index (χ1v) is 9.12. The number of nitrogens with zero attached hydrogens (tertiary/aromatic N) is 1. The summed E-state index contributed by atoms with van der Waals surface area (Å²) in [6.45, 7) is -2.38. The van der Waals surface area contributed by atoms with E-state index in [1.165, 1.54) is 24.5 Å². The van der Waals surface area contributed by atoms with E-state index in [1.54, 1.807) is 23.1 Å². The second kappa shape index (κ2) is 8.99. The molecule has 0 unspecified atom stereocenters.